The van der Waals surface area contributed by atoms with Gasteiger partial charge in [0.1, 0.15) is 0 Å². The van der Waals surface area contributed by atoms with Gasteiger partial charge in [0.15, 0.2) is 5.60 Å². The van der Waals surface area contributed by atoms with Crippen LogP contribution in [0.4, 0.5) is 4.79 Å². The number of aliphatic carboxylic acids is 1. The lowest BCUT2D eigenvalue weighted by Crippen LogP contribution is -2.50. The van der Waals surface area contributed by atoms with Gasteiger partial charge in [0.25, 0.3) is 0 Å². The molecule has 124 valence electrons. The highest BCUT2D eigenvalue weighted by Crippen LogP contribution is 2.08. The van der Waals surface area contributed by atoms with E-state index < -0.39 is 11.6 Å². The molecule has 0 aliphatic carbocycles. The Balaban J connectivity index is 4.51. The third-order valence-electron chi connectivity index (χ3n) is 3.28. The molecule has 21 heavy (non-hydrogen) atoms. The summed E-state index contributed by atoms with van der Waals surface area (Å²) in [4.78, 5) is 24.7. The quantitative estimate of drug-likeness (QED) is 0.607. The van der Waals surface area contributed by atoms with Gasteiger partial charge >= 0.3 is 12.0 Å². The second-order valence-electron chi connectivity index (χ2n) is 6.59. The molecule has 0 saturated carbocycles. The Morgan fingerprint density at radius 3 is 1.86 bits per heavy atom. The molecule has 0 heterocycles. The number of urea groups is 1. The first-order chi connectivity index (χ1) is 9.56. The lowest BCUT2D eigenvalue weighted by atomic mass is 10.1. The molecule has 0 aliphatic rings. The molecule has 0 aromatic carbocycles. The van der Waals surface area contributed by atoms with Gasteiger partial charge < -0.3 is 20.4 Å². The summed E-state index contributed by atoms with van der Waals surface area (Å²) >= 11 is 0. The molecule has 0 fully saturated rings. The van der Waals surface area contributed by atoms with Crippen LogP contribution in [0.1, 0.15) is 47.5 Å². The molecular formula is C15H30N2O4. The molecule has 6 nitrogen and oxygen atoms in total. The van der Waals surface area contributed by atoms with E-state index in [2.05, 4.69) is 33.0 Å². The number of nitrogens with zero attached hydrogens (tertiary/aromatic N) is 1. The van der Waals surface area contributed by atoms with Gasteiger partial charge in [0.05, 0.1) is 6.54 Å². The van der Waals surface area contributed by atoms with Crippen molar-refractivity contribution in [2.45, 2.75) is 53.1 Å². The van der Waals surface area contributed by atoms with Crippen LogP contribution in [0.25, 0.3) is 0 Å². The van der Waals surface area contributed by atoms with E-state index in [1.807, 2.05) is 0 Å². The summed E-state index contributed by atoms with van der Waals surface area (Å²) in [7, 11) is 0. The summed E-state index contributed by atoms with van der Waals surface area (Å²) in [5, 5.41) is 21.0. The number of rotatable bonds is 9. The van der Waals surface area contributed by atoms with Crippen molar-refractivity contribution in [3.05, 3.63) is 0 Å². The second-order valence-corrected chi connectivity index (χ2v) is 6.59. The van der Waals surface area contributed by atoms with Gasteiger partial charge in [0, 0.05) is 13.1 Å². The van der Waals surface area contributed by atoms with Gasteiger partial charge in [-0.3, -0.25) is 0 Å². The number of hydrogen-bond acceptors (Lipinski definition) is 3. The Hall–Kier alpha value is -1.30. The second kappa shape index (κ2) is 8.87. The van der Waals surface area contributed by atoms with Crippen LogP contribution in [0.3, 0.4) is 0 Å². The van der Waals surface area contributed by atoms with Gasteiger partial charge in [-0.2, -0.15) is 0 Å². The molecule has 0 saturated heterocycles. The Bertz CT molecular complexity index is 329. The van der Waals surface area contributed by atoms with E-state index >= 15 is 0 Å². The van der Waals surface area contributed by atoms with Crippen molar-refractivity contribution >= 4 is 12.0 Å². The molecule has 0 rings (SSSR count). The first-order valence-corrected chi connectivity index (χ1v) is 7.54. The molecular weight excluding hydrogens is 272 g/mol. The zero-order valence-electron chi connectivity index (χ0n) is 13.8. The molecule has 0 bridgehead atoms. The molecule has 3 N–H and O–H groups in total. The van der Waals surface area contributed by atoms with Crippen LogP contribution >= 0.6 is 0 Å². The fraction of sp³-hybridized carbons (Fsp3) is 0.867. The molecule has 2 amide bonds. The number of carboxylic acid groups (broad SMARTS) is 1. The van der Waals surface area contributed by atoms with Crippen molar-refractivity contribution in [1.82, 2.24) is 10.2 Å². The summed E-state index contributed by atoms with van der Waals surface area (Å²) in [5.74, 6) is -0.373. The van der Waals surface area contributed by atoms with E-state index in [1.165, 1.54) is 6.92 Å². The monoisotopic (exact) mass is 302 g/mol. The minimum absolute atomic E-state index is 0.305. The summed E-state index contributed by atoms with van der Waals surface area (Å²) in [6.45, 7) is 10.5. The molecule has 1 atom stereocenters. The largest absolute Gasteiger partial charge is 0.479 e. The predicted octanol–water partition coefficient (Wildman–Crippen LogP) is 1.93. The van der Waals surface area contributed by atoms with Gasteiger partial charge in [-0.25, -0.2) is 9.59 Å². The number of aliphatic hydroxyl groups is 1. The zero-order chi connectivity index (χ0) is 16.6. The standard InChI is InChI=1S/C15H30N2O4/c1-11(2)6-8-17(9-7-12(3)4)14(20)16-10-15(5,21)13(18)19/h11-12,21H,6-10H2,1-5H3,(H,16,20)(H,18,19). The van der Waals surface area contributed by atoms with Crippen LogP contribution in [0, 0.1) is 11.8 Å². The summed E-state index contributed by atoms with van der Waals surface area (Å²) in [5.41, 5.74) is -1.95. The predicted molar refractivity (Wildman–Crippen MR) is 82.1 cm³/mol. The normalized spacial score (nSPS) is 14.1. The number of carbonyl (C=O) groups excluding carboxylic acids is 1. The van der Waals surface area contributed by atoms with E-state index in [4.69, 9.17) is 5.11 Å². The molecule has 0 radical (unpaired) electrons. The van der Waals surface area contributed by atoms with Crippen molar-refractivity contribution in [2.75, 3.05) is 19.6 Å². The highest BCUT2D eigenvalue weighted by molar-refractivity contribution is 5.79. The summed E-state index contributed by atoms with van der Waals surface area (Å²) in [6, 6.07) is -0.321. The average Bonchev–Trinajstić information content (AvgIpc) is 2.35. The molecule has 1 unspecified atom stereocenters. The lowest BCUT2D eigenvalue weighted by molar-refractivity contribution is -0.155. The Morgan fingerprint density at radius 1 is 1.10 bits per heavy atom. The summed E-state index contributed by atoms with van der Waals surface area (Å²) in [6.07, 6.45) is 1.78. The minimum Gasteiger partial charge on any atom is -0.479 e. The Kier molecular flexibility index (Phi) is 8.32. The van der Waals surface area contributed by atoms with Crippen LogP contribution in [0.2, 0.25) is 0 Å². The first kappa shape index (κ1) is 19.7. The maximum atomic E-state index is 12.1. The SMILES string of the molecule is CC(C)CCN(CCC(C)C)C(=O)NCC(C)(O)C(=O)O. The Labute approximate surface area is 127 Å². The highest BCUT2D eigenvalue weighted by atomic mass is 16.4. The van der Waals surface area contributed by atoms with Crippen molar-refractivity contribution < 1.29 is 19.8 Å². The van der Waals surface area contributed by atoms with E-state index in [0.29, 0.717) is 24.9 Å². The highest BCUT2D eigenvalue weighted by Gasteiger charge is 2.30. The topological polar surface area (TPSA) is 89.9 Å². The van der Waals surface area contributed by atoms with Crippen LogP contribution < -0.4 is 5.32 Å². The van der Waals surface area contributed by atoms with E-state index in [9.17, 15) is 14.7 Å². The average molecular weight is 302 g/mol. The van der Waals surface area contributed by atoms with Crippen molar-refractivity contribution in [3.63, 3.8) is 0 Å². The third-order valence-corrected chi connectivity index (χ3v) is 3.28. The maximum Gasteiger partial charge on any atom is 0.337 e. The maximum absolute atomic E-state index is 12.1. The number of hydrogen-bond donors (Lipinski definition) is 3. The van der Waals surface area contributed by atoms with Crippen LogP contribution in [0.5, 0.6) is 0 Å². The Morgan fingerprint density at radius 2 is 1.52 bits per heavy atom. The number of carboxylic acids is 1. The van der Waals surface area contributed by atoms with Crippen LogP contribution in [-0.2, 0) is 4.79 Å². The van der Waals surface area contributed by atoms with Crippen LogP contribution in [0.15, 0.2) is 0 Å². The van der Waals surface area contributed by atoms with Gasteiger partial charge in [-0.1, -0.05) is 27.7 Å². The van der Waals surface area contributed by atoms with Gasteiger partial charge in [-0.05, 0) is 31.6 Å². The van der Waals surface area contributed by atoms with Crippen molar-refractivity contribution in [3.8, 4) is 0 Å². The molecule has 6 heteroatoms. The fourth-order valence-electron chi connectivity index (χ4n) is 1.58. The smallest absolute Gasteiger partial charge is 0.337 e. The number of amides is 2. The fourth-order valence-corrected chi connectivity index (χ4v) is 1.58. The number of nitrogens with one attached hydrogen (secondary N) is 1. The molecule has 0 aliphatic heterocycles. The zero-order valence-corrected chi connectivity index (χ0v) is 13.8. The molecule has 0 aromatic rings. The van der Waals surface area contributed by atoms with Gasteiger partial charge in [0.2, 0.25) is 0 Å². The van der Waals surface area contributed by atoms with Crippen molar-refractivity contribution in [1.29, 1.82) is 0 Å². The van der Waals surface area contributed by atoms with Gasteiger partial charge in [-0.15, -0.1) is 0 Å². The van der Waals surface area contributed by atoms with Crippen LogP contribution in [-0.4, -0.2) is 52.3 Å². The van der Waals surface area contributed by atoms with E-state index in [-0.39, 0.29) is 12.6 Å². The minimum atomic E-state index is -1.95. The summed E-state index contributed by atoms with van der Waals surface area (Å²) < 4.78 is 0. The first-order valence-electron chi connectivity index (χ1n) is 7.54. The van der Waals surface area contributed by atoms with E-state index in [0.717, 1.165) is 12.8 Å². The third kappa shape index (κ3) is 8.55. The number of carbonyl (C=O) groups is 2. The van der Waals surface area contributed by atoms with E-state index in [1.54, 1.807) is 4.90 Å². The van der Waals surface area contributed by atoms with Crippen molar-refractivity contribution in [2.24, 2.45) is 11.8 Å². The molecule has 0 spiro atoms. The molecule has 0 aromatic heterocycles. The lowest BCUT2D eigenvalue weighted by Gasteiger charge is -2.26.